The van der Waals surface area contributed by atoms with E-state index in [9.17, 15) is 4.79 Å². The van der Waals surface area contributed by atoms with E-state index in [1.165, 1.54) is 0 Å². The summed E-state index contributed by atoms with van der Waals surface area (Å²) < 4.78 is 1.66. The van der Waals surface area contributed by atoms with Gasteiger partial charge in [-0.2, -0.15) is 0 Å². The van der Waals surface area contributed by atoms with Gasteiger partial charge >= 0.3 is 0 Å². The number of aromatic nitrogens is 4. The van der Waals surface area contributed by atoms with Crippen LogP contribution in [0.15, 0.2) is 58.1 Å². The van der Waals surface area contributed by atoms with Crippen LogP contribution in [0.2, 0.25) is 0 Å². The second kappa shape index (κ2) is 8.01. The zero-order chi connectivity index (χ0) is 18.7. The summed E-state index contributed by atoms with van der Waals surface area (Å²) in [5.41, 5.74) is 2.47. The maximum Gasteiger partial charge on any atom is 0.254 e. The van der Waals surface area contributed by atoms with Crippen LogP contribution in [0.25, 0.3) is 11.4 Å². The number of hydrogen-bond acceptors (Lipinski definition) is 5. The van der Waals surface area contributed by atoms with E-state index in [0.29, 0.717) is 22.6 Å². The number of nitrogens with zero attached hydrogens (tertiary/aromatic N) is 5. The topological polar surface area (TPSA) is 71.9 Å². The molecule has 0 aliphatic rings. The van der Waals surface area contributed by atoms with Crippen molar-refractivity contribution in [1.29, 1.82) is 0 Å². The molecule has 2 heterocycles. The Morgan fingerprint density at radius 1 is 1.00 bits per heavy atom. The molecule has 26 heavy (non-hydrogen) atoms. The van der Waals surface area contributed by atoms with Gasteiger partial charge in [0.05, 0.1) is 17.9 Å². The van der Waals surface area contributed by atoms with Gasteiger partial charge < -0.3 is 4.90 Å². The van der Waals surface area contributed by atoms with Gasteiger partial charge in [-0.3, -0.25) is 24.7 Å². The lowest BCUT2D eigenvalue weighted by atomic mass is 10.1. The summed E-state index contributed by atoms with van der Waals surface area (Å²) in [7, 11) is 1.75. The zero-order valence-electron chi connectivity index (χ0n) is 14.1. The molecule has 0 bridgehead atoms. The van der Waals surface area contributed by atoms with E-state index in [0.717, 1.165) is 8.95 Å². The highest BCUT2D eigenvalue weighted by molar-refractivity contribution is 9.11. The highest BCUT2D eigenvalue weighted by Gasteiger charge is 2.24. The molecule has 0 spiro atoms. The Labute approximate surface area is 168 Å². The van der Waals surface area contributed by atoms with Crippen molar-refractivity contribution in [1.82, 2.24) is 24.8 Å². The van der Waals surface area contributed by atoms with Crippen LogP contribution in [0, 0.1) is 0 Å². The molecule has 1 aromatic carbocycles. The predicted octanol–water partition coefficient (Wildman–Crippen LogP) is 4.29. The van der Waals surface area contributed by atoms with Crippen molar-refractivity contribution in [2.24, 2.45) is 0 Å². The van der Waals surface area contributed by atoms with E-state index in [-0.39, 0.29) is 11.9 Å². The molecule has 8 heteroatoms. The van der Waals surface area contributed by atoms with E-state index in [1.807, 2.05) is 13.0 Å². The molecule has 0 saturated carbocycles. The summed E-state index contributed by atoms with van der Waals surface area (Å²) in [4.78, 5) is 31.8. The van der Waals surface area contributed by atoms with Crippen LogP contribution in [0.5, 0.6) is 0 Å². The molecular weight excluding hydrogens is 462 g/mol. The van der Waals surface area contributed by atoms with E-state index in [4.69, 9.17) is 0 Å². The molecule has 6 nitrogen and oxygen atoms in total. The lowest BCUT2D eigenvalue weighted by Crippen LogP contribution is -2.30. The molecule has 0 saturated heterocycles. The smallest absolute Gasteiger partial charge is 0.254 e. The Bertz CT molecular complexity index is 916. The number of halogens is 2. The Morgan fingerprint density at radius 3 is 2.31 bits per heavy atom. The second-order valence-electron chi connectivity index (χ2n) is 5.63. The molecule has 3 rings (SSSR count). The molecule has 3 aromatic rings. The van der Waals surface area contributed by atoms with E-state index in [1.54, 1.807) is 55.1 Å². The first kappa shape index (κ1) is 18.6. The highest BCUT2D eigenvalue weighted by atomic mass is 79.9. The van der Waals surface area contributed by atoms with Crippen molar-refractivity contribution < 1.29 is 4.79 Å². The molecule has 0 radical (unpaired) electrons. The van der Waals surface area contributed by atoms with E-state index >= 15 is 0 Å². The molecule has 2 aromatic heterocycles. The van der Waals surface area contributed by atoms with Gasteiger partial charge in [0.25, 0.3) is 5.91 Å². The predicted molar refractivity (Wildman–Crippen MR) is 105 cm³/mol. The molecule has 0 unspecified atom stereocenters. The Kier molecular flexibility index (Phi) is 5.73. The Morgan fingerprint density at radius 2 is 1.65 bits per heavy atom. The minimum Gasteiger partial charge on any atom is -0.333 e. The summed E-state index contributed by atoms with van der Waals surface area (Å²) >= 11 is 6.83. The van der Waals surface area contributed by atoms with Gasteiger partial charge in [0.15, 0.2) is 0 Å². The average molecular weight is 477 g/mol. The molecular formula is C18H15Br2N5O. The van der Waals surface area contributed by atoms with Crippen LogP contribution in [-0.4, -0.2) is 37.8 Å². The maximum absolute atomic E-state index is 12.9. The molecule has 0 aliphatic carbocycles. The molecule has 0 fully saturated rings. The first-order chi connectivity index (χ1) is 12.5. The number of carbonyl (C=O) groups is 1. The summed E-state index contributed by atoms with van der Waals surface area (Å²) in [5, 5.41) is 0. The normalized spacial score (nSPS) is 11.8. The quantitative estimate of drug-likeness (QED) is 0.561. The van der Waals surface area contributed by atoms with Crippen LogP contribution in [0.4, 0.5) is 0 Å². The summed E-state index contributed by atoms with van der Waals surface area (Å²) in [6.45, 7) is 1.91. The van der Waals surface area contributed by atoms with Gasteiger partial charge in [0, 0.05) is 46.3 Å². The molecule has 1 amide bonds. The van der Waals surface area contributed by atoms with Crippen molar-refractivity contribution >= 4 is 37.8 Å². The van der Waals surface area contributed by atoms with E-state index < -0.39 is 0 Å². The largest absolute Gasteiger partial charge is 0.333 e. The number of carbonyl (C=O) groups excluding carboxylic acids is 1. The fourth-order valence-electron chi connectivity index (χ4n) is 2.51. The van der Waals surface area contributed by atoms with Crippen molar-refractivity contribution in [2.45, 2.75) is 13.0 Å². The maximum atomic E-state index is 12.9. The van der Waals surface area contributed by atoms with Crippen molar-refractivity contribution in [3.8, 4) is 11.4 Å². The van der Waals surface area contributed by atoms with Gasteiger partial charge in [-0.15, -0.1) is 0 Å². The van der Waals surface area contributed by atoms with Crippen LogP contribution >= 0.6 is 31.9 Å². The molecule has 132 valence electrons. The highest BCUT2D eigenvalue weighted by Crippen LogP contribution is 2.28. The average Bonchev–Trinajstić information content (AvgIpc) is 2.66. The van der Waals surface area contributed by atoms with E-state index in [2.05, 4.69) is 51.8 Å². The van der Waals surface area contributed by atoms with Gasteiger partial charge in [-0.05, 0) is 25.1 Å². The molecule has 0 N–H and O–H groups in total. The van der Waals surface area contributed by atoms with Crippen molar-refractivity contribution in [3.63, 3.8) is 0 Å². The van der Waals surface area contributed by atoms with Crippen LogP contribution < -0.4 is 0 Å². The Balaban J connectivity index is 1.94. The minimum atomic E-state index is -0.300. The molecule has 1 atom stereocenters. The second-order valence-corrected chi connectivity index (χ2v) is 7.46. The first-order valence-electron chi connectivity index (χ1n) is 7.78. The third-order valence-corrected chi connectivity index (χ3v) is 4.85. The number of amides is 1. The van der Waals surface area contributed by atoms with Gasteiger partial charge in [-0.1, -0.05) is 31.9 Å². The number of rotatable bonds is 4. The fraction of sp³-hybridized carbons (Fsp3) is 0.167. The third-order valence-electron chi connectivity index (χ3n) is 3.94. The van der Waals surface area contributed by atoms with Crippen LogP contribution in [-0.2, 0) is 0 Å². The van der Waals surface area contributed by atoms with Gasteiger partial charge in [-0.25, -0.2) is 0 Å². The molecule has 0 aliphatic heterocycles. The number of hydrogen-bond donors (Lipinski definition) is 0. The first-order valence-corrected chi connectivity index (χ1v) is 9.36. The lowest BCUT2D eigenvalue weighted by molar-refractivity contribution is 0.0740. The standard InChI is InChI=1S/C18H15Br2N5O/c1-11(25(2)18(26)12-7-13(19)9-14(20)8-12)16-17(24-6-5-23-16)15-10-21-3-4-22-15/h3-11H,1-2H3/t11-/m0/s1. The van der Waals surface area contributed by atoms with Gasteiger partial charge in [0.1, 0.15) is 11.4 Å². The Hall–Kier alpha value is -2.19. The zero-order valence-corrected chi connectivity index (χ0v) is 17.3. The van der Waals surface area contributed by atoms with Crippen LogP contribution in [0.3, 0.4) is 0 Å². The summed E-state index contributed by atoms with van der Waals surface area (Å²) in [6, 6.07) is 5.16. The van der Waals surface area contributed by atoms with Crippen molar-refractivity contribution in [2.75, 3.05) is 7.05 Å². The lowest BCUT2D eigenvalue weighted by Gasteiger charge is -2.25. The minimum absolute atomic E-state index is 0.116. The summed E-state index contributed by atoms with van der Waals surface area (Å²) in [5.74, 6) is -0.116. The third kappa shape index (κ3) is 3.96. The van der Waals surface area contributed by atoms with Crippen LogP contribution in [0.1, 0.15) is 29.0 Å². The van der Waals surface area contributed by atoms with Crippen molar-refractivity contribution in [3.05, 3.63) is 69.4 Å². The monoisotopic (exact) mass is 475 g/mol. The number of benzene rings is 1. The van der Waals surface area contributed by atoms with Gasteiger partial charge in [0.2, 0.25) is 0 Å². The summed E-state index contributed by atoms with van der Waals surface area (Å²) in [6.07, 6.45) is 8.05. The fourth-order valence-corrected chi connectivity index (χ4v) is 3.81. The SMILES string of the molecule is C[C@@H](c1nccnc1-c1cnccn1)N(C)C(=O)c1cc(Br)cc(Br)c1.